The molecule has 0 heterocycles. The molecule has 0 aliphatic rings. The smallest absolute Gasteiger partial charge is 0.306 e. The number of aliphatic hydroxyl groups is 1. The molecular weight excluding hydrogens is 227 g/mol. The summed E-state index contributed by atoms with van der Waals surface area (Å²) in [4.78, 5) is 10.3. The Bertz CT molecular complexity index is 457. The average Bonchev–Trinajstić information content (AvgIpc) is 2.26. The second-order valence-electron chi connectivity index (χ2n) is 3.43. The molecular formula is C11H11FN2O3. The van der Waals surface area contributed by atoms with Gasteiger partial charge in [0.2, 0.25) is 0 Å². The number of benzene rings is 1. The fraction of sp³-hybridized carbons (Fsp3) is 0.273. The molecule has 1 aromatic carbocycles. The predicted molar refractivity (Wildman–Crippen MR) is 57.9 cm³/mol. The molecule has 1 aromatic rings. The van der Waals surface area contributed by atoms with Crippen molar-refractivity contribution in [1.82, 2.24) is 0 Å². The summed E-state index contributed by atoms with van der Waals surface area (Å²) in [5.74, 6) is -1.64. The largest absolute Gasteiger partial charge is 0.481 e. The summed E-state index contributed by atoms with van der Waals surface area (Å²) in [7, 11) is 0. The van der Waals surface area contributed by atoms with Crippen LogP contribution in [0.3, 0.4) is 0 Å². The van der Waals surface area contributed by atoms with Crippen LogP contribution in [0.25, 0.3) is 0 Å². The van der Waals surface area contributed by atoms with E-state index in [0.717, 1.165) is 6.07 Å². The molecule has 17 heavy (non-hydrogen) atoms. The van der Waals surface area contributed by atoms with Crippen LogP contribution in [0.1, 0.15) is 12.0 Å². The number of hydrogen-bond donors (Lipinski definition) is 3. The fourth-order valence-corrected chi connectivity index (χ4v) is 1.26. The maximum atomic E-state index is 12.8. The first kappa shape index (κ1) is 12.9. The third-order valence-electron chi connectivity index (χ3n) is 2.04. The minimum atomic E-state index is -1.11. The van der Waals surface area contributed by atoms with Gasteiger partial charge in [0.05, 0.1) is 23.8 Å². The third kappa shape index (κ3) is 4.09. The number of carboxylic acid groups (broad SMARTS) is 1. The van der Waals surface area contributed by atoms with E-state index in [1.54, 1.807) is 6.07 Å². The Morgan fingerprint density at radius 2 is 2.29 bits per heavy atom. The van der Waals surface area contributed by atoms with Crippen LogP contribution in [0.15, 0.2) is 18.2 Å². The number of anilines is 1. The summed E-state index contributed by atoms with van der Waals surface area (Å²) in [6, 6.07) is 5.40. The van der Waals surface area contributed by atoms with Crippen molar-refractivity contribution < 1.29 is 19.4 Å². The van der Waals surface area contributed by atoms with E-state index in [1.807, 2.05) is 0 Å². The number of carboxylic acids is 1. The van der Waals surface area contributed by atoms with Crippen LogP contribution in [0.2, 0.25) is 0 Å². The Balaban J connectivity index is 2.63. The van der Waals surface area contributed by atoms with Crippen molar-refractivity contribution >= 4 is 11.7 Å². The first-order valence-electron chi connectivity index (χ1n) is 4.86. The second-order valence-corrected chi connectivity index (χ2v) is 3.43. The summed E-state index contributed by atoms with van der Waals surface area (Å²) in [5, 5.41) is 29.2. The predicted octanol–water partition coefficient (Wildman–Crippen LogP) is 0.945. The van der Waals surface area contributed by atoms with E-state index in [1.165, 1.54) is 12.1 Å². The number of nitriles is 1. The second kappa shape index (κ2) is 5.82. The molecule has 0 saturated carbocycles. The Kier molecular flexibility index (Phi) is 4.43. The molecule has 1 unspecified atom stereocenters. The highest BCUT2D eigenvalue weighted by Crippen LogP contribution is 2.15. The van der Waals surface area contributed by atoms with Gasteiger partial charge in [0, 0.05) is 6.54 Å². The van der Waals surface area contributed by atoms with Gasteiger partial charge in [-0.05, 0) is 18.2 Å². The SMILES string of the molecule is N#Cc1cc(F)ccc1NCC(O)CC(=O)O. The van der Waals surface area contributed by atoms with Crippen LogP contribution < -0.4 is 5.32 Å². The van der Waals surface area contributed by atoms with Crippen molar-refractivity contribution in [2.45, 2.75) is 12.5 Å². The van der Waals surface area contributed by atoms with Crippen LogP contribution in [0.4, 0.5) is 10.1 Å². The number of aliphatic hydroxyl groups excluding tert-OH is 1. The Hall–Kier alpha value is -2.13. The highest BCUT2D eigenvalue weighted by molar-refractivity contribution is 5.67. The molecule has 0 amide bonds. The van der Waals surface area contributed by atoms with Crippen molar-refractivity contribution in [3.8, 4) is 6.07 Å². The first-order valence-corrected chi connectivity index (χ1v) is 4.86. The van der Waals surface area contributed by atoms with Gasteiger partial charge in [-0.25, -0.2) is 4.39 Å². The molecule has 0 aromatic heterocycles. The van der Waals surface area contributed by atoms with Crippen LogP contribution in [0.5, 0.6) is 0 Å². The van der Waals surface area contributed by atoms with Gasteiger partial charge in [-0.1, -0.05) is 0 Å². The summed E-state index contributed by atoms with van der Waals surface area (Å²) >= 11 is 0. The number of halogens is 1. The fourth-order valence-electron chi connectivity index (χ4n) is 1.26. The van der Waals surface area contributed by atoms with E-state index >= 15 is 0 Å². The number of rotatable bonds is 5. The summed E-state index contributed by atoms with van der Waals surface area (Å²) in [6.07, 6.45) is -1.46. The van der Waals surface area contributed by atoms with E-state index in [0.29, 0.717) is 5.69 Å². The normalized spacial score (nSPS) is 11.6. The minimum absolute atomic E-state index is 0.0212. The molecule has 0 bridgehead atoms. The van der Waals surface area contributed by atoms with Crippen molar-refractivity contribution in [3.63, 3.8) is 0 Å². The van der Waals surface area contributed by atoms with Gasteiger partial charge in [-0.2, -0.15) is 5.26 Å². The lowest BCUT2D eigenvalue weighted by Gasteiger charge is -2.11. The molecule has 6 heteroatoms. The monoisotopic (exact) mass is 238 g/mol. The number of carbonyl (C=O) groups is 1. The Morgan fingerprint density at radius 3 is 2.88 bits per heavy atom. The molecule has 3 N–H and O–H groups in total. The van der Waals surface area contributed by atoms with E-state index in [4.69, 9.17) is 10.4 Å². The lowest BCUT2D eigenvalue weighted by Crippen LogP contribution is -2.22. The van der Waals surface area contributed by atoms with Crippen molar-refractivity contribution in [2.24, 2.45) is 0 Å². The first-order chi connectivity index (χ1) is 8.02. The highest BCUT2D eigenvalue weighted by Gasteiger charge is 2.10. The third-order valence-corrected chi connectivity index (χ3v) is 2.04. The van der Waals surface area contributed by atoms with Crippen molar-refractivity contribution in [2.75, 3.05) is 11.9 Å². The van der Waals surface area contributed by atoms with Gasteiger partial charge in [0.15, 0.2) is 0 Å². The van der Waals surface area contributed by atoms with Gasteiger partial charge >= 0.3 is 5.97 Å². The number of nitrogens with zero attached hydrogens (tertiary/aromatic N) is 1. The molecule has 90 valence electrons. The van der Waals surface area contributed by atoms with Crippen LogP contribution >= 0.6 is 0 Å². The lowest BCUT2D eigenvalue weighted by molar-refractivity contribution is -0.138. The molecule has 1 rings (SSSR count). The molecule has 0 spiro atoms. The van der Waals surface area contributed by atoms with Gasteiger partial charge in [0.25, 0.3) is 0 Å². The summed E-state index contributed by atoms with van der Waals surface area (Å²) in [5.41, 5.74) is 0.464. The Morgan fingerprint density at radius 1 is 1.59 bits per heavy atom. The Labute approximate surface area is 97.1 Å². The minimum Gasteiger partial charge on any atom is -0.481 e. The van der Waals surface area contributed by atoms with Crippen molar-refractivity contribution in [1.29, 1.82) is 5.26 Å². The quantitative estimate of drug-likeness (QED) is 0.710. The van der Waals surface area contributed by atoms with Gasteiger partial charge in [0.1, 0.15) is 11.9 Å². The molecule has 1 atom stereocenters. The zero-order chi connectivity index (χ0) is 12.8. The van der Waals surface area contributed by atoms with E-state index in [-0.39, 0.29) is 12.1 Å². The van der Waals surface area contributed by atoms with Crippen molar-refractivity contribution in [3.05, 3.63) is 29.6 Å². The maximum absolute atomic E-state index is 12.8. The zero-order valence-electron chi connectivity index (χ0n) is 8.85. The van der Waals surface area contributed by atoms with Crippen LogP contribution in [0, 0.1) is 17.1 Å². The van der Waals surface area contributed by atoms with Gasteiger partial charge in [-0.15, -0.1) is 0 Å². The average molecular weight is 238 g/mol. The maximum Gasteiger partial charge on any atom is 0.306 e. The lowest BCUT2D eigenvalue weighted by atomic mass is 10.1. The molecule has 0 aliphatic heterocycles. The zero-order valence-corrected chi connectivity index (χ0v) is 8.85. The van der Waals surface area contributed by atoms with E-state index in [2.05, 4.69) is 5.32 Å². The number of nitrogens with one attached hydrogen (secondary N) is 1. The molecule has 5 nitrogen and oxygen atoms in total. The molecule has 0 radical (unpaired) electrons. The molecule has 0 saturated heterocycles. The van der Waals surface area contributed by atoms with E-state index < -0.39 is 24.3 Å². The molecule has 0 fully saturated rings. The molecule has 0 aliphatic carbocycles. The summed E-state index contributed by atoms with van der Waals surface area (Å²) < 4.78 is 12.8. The standard InChI is InChI=1S/C11H11FN2O3/c12-8-1-2-10(7(3-8)5-13)14-6-9(15)4-11(16)17/h1-3,9,14-15H,4,6H2,(H,16,17). The highest BCUT2D eigenvalue weighted by atomic mass is 19.1. The van der Waals surface area contributed by atoms with Gasteiger partial charge < -0.3 is 15.5 Å². The van der Waals surface area contributed by atoms with Crippen LogP contribution in [-0.2, 0) is 4.79 Å². The summed E-state index contributed by atoms with van der Waals surface area (Å²) in [6.45, 7) is -0.0212. The number of aliphatic carboxylic acids is 1. The van der Waals surface area contributed by atoms with E-state index in [9.17, 15) is 14.3 Å². The topological polar surface area (TPSA) is 93.4 Å². The number of hydrogen-bond acceptors (Lipinski definition) is 4. The van der Waals surface area contributed by atoms with Gasteiger partial charge in [-0.3, -0.25) is 4.79 Å². The van der Waals surface area contributed by atoms with Crippen LogP contribution in [-0.4, -0.2) is 28.8 Å².